The molecule has 3 aromatic rings. The van der Waals surface area contributed by atoms with Gasteiger partial charge in [0.1, 0.15) is 5.75 Å². The van der Waals surface area contributed by atoms with E-state index >= 15 is 0 Å². The first-order valence-electron chi connectivity index (χ1n) is 9.53. The van der Waals surface area contributed by atoms with Gasteiger partial charge in [-0.15, -0.1) is 11.3 Å². The molecule has 0 aliphatic carbocycles. The van der Waals surface area contributed by atoms with Crippen LogP contribution in [0.25, 0.3) is 0 Å². The third-order valence-corrected chi connectivity index (χ3v) is 6.07. The molecule has 2 aromatic carbocycles. The van der Waals surface area contributed by atoms with Gasteiger partial charge in [-0.05, 0) is 54.3 Å². The Balaban J connectivity index is 1.70. The number of hydrogen-bond donors (Lipinski definition) is 1. The van der Waals surface area contributed by atoms with Crippen LogP contribution in [-0.4, -0.2) is 30.4 Å². The Morgan fingerprint density at radius 2 is 1.86 bits per heavy atom. The zero-order valence-corrected chi connectivity index (χ0v) is 17.1. The number of anilines is 1. The zero-order valence-electron chi connectivity index (χ0n) is 16.3. The minimum atomic E-state index is -0.501. The summed E-state index contributed by atoms with van der Waals surface area (Å²) in [5.74, 6) is 0.0536. The monoisotopic (exact) mass is 406 g/mol. The SMILES string of the molecule is CCOc1ccc(NC(=O)C2c3ccccc3C(=O)N(C)C2c2cccs2)cc1. The average molecular weight is 407 g/mol. The van der Waals surface area contributed by atoms with E-state index in [0.29, 0.717) is 17.9 Å². The Labute approximate surface area is 173 Å². The number of amides is 2. The van der Waals surface area contributed by atoms with Crippen LogP contribution in [0.3, 0.4) is 0 Å². The standard InChI is InChI=1S/C23H22N2O3S/c1-3-28-16-12-10-15(11-13-16)24-22(26)20-17-7-4-5-8-18(17)23(27)25(2)21(20)19-9-6-14-29-19/h4-14,20-21H,3H2,1-2H3,(H,24,26). The van der Waals surface area contributed by atoms with Gasteiger partial charge in [-0.3, -0.25) is 9.59 Å². The molecule has 148 valence electrons. The highest BCUT2D eigenvalue weighted by Crippen LogP contribution is 2.43. The van der Waals surface area contributed by atoms with Crippen molar-refractivity contribution in [1.29, 1.82) is 0 Å². The molecule has 1 aromatic heterocycles. The number of rotatable bonds is 5. The van der Waals surface area contributed by atoms with Crippen molar-refractivity contribution in [2.75, 3.05) is 19.0 Å². The summed E-state index contributed by atoms with van der Waals surface area (Å²) in [6.07, 6.45) is 0. The second kappa shape index (κ2) is 8.09. The molecule has 0 radical (unpaired) electrons. The number of hydrogen-bond acceptors (Lipinski definition) is 4. The number of fused-ring (bicyclic) bond motifs is 1. The minimum absolute atomic E-state index is 0.0656. The average Bonchev–Trinajstić information content (AvgIpc) is 3.26. The van der Waals surface area contributed by atoms with E-state index in [1.807, 2.05) is 66.9 Å². The summed E-state index contributed by atoms with van der Waals surface area (Å²) in [5.41, 5.74) is 2.03. The third kappa shape index (κ3) is 3.63. The predicted molar refractivity (Wildman–Crippen MR) is 115 cm³/mol. The number of benzene rings is 2. The number of carbonyl (C=O) groups is 2. The molecule has 1 aliphatic rings. The van der Waals surface area contributed by atoms with Crippen LogP contribution in [0.4, 0.5) is 5.69 Å². The van der Waals surface area contributed by atoms with Gasteiger partial charge >= 0.3 is 0 Å². The number of nitrogens with zero attached hydrogens (tertiary/aromatic N) is 1. The summed E-state index contributed by atoms with van der Waals surface area (Å²) >= 11 is 1.55. The van der Waals surface area contributed by atoms with Crippen LogP contribution in [0.1, 0.15) is 39.7 Å². The molecule has 4 rings (SSSR count). The summed E-state index contributed by atoms with van der Waals surface area (Å²) in [7, 11) is 1.76. The first-order valence-corrected chi connectivity index (χ1v) is 10.4. The summed E-state index contributed by atoms with van der Waals surface area (Å²) in [5, 5.41) is 4.99. The molecule has 29 heavy (non-hydrogen) atoms. The van der Waals surface area contributed by atoms with Gasteiger partial charge < -0.3 is 15.0 Å². The van der Waals surface area contributed by atoms with Crippen molar-refractivity contribution in [2.45, 2.75) is 18.9 Å². The van der Waals surface area contributed by atoms with Crippen molar-refractivity contribution >= 4 is 28.8 Å². The first-order chi connectivity index (χ1) is 14.1. The molecule has 6 heteroatoms. The molecule has 2 heterocycles. The maximum Gasteiger partial charge on any atom is 0.254 e. The topological polar surface area (TPSA) is 58.6 Å². The Kier molecular flexibility index (Phi) is 5.36. The van der Waals surface area contributed by atoms with Crippen molar-refractivity contribution in [3.05, 3.63) is 82.0 Å². The molecule has 1 aliphatic heterocycles. The van der Waals surface area contributed by atoms with E-state index in [2.05, 4.69) is 5.32 Å². The van der Waals surface area contributed by atoms with Crippen molar-refractivity contribution < 1.29 is 14.3 Å². The molecule has 0 saturated heterocycles. The van der Waals surface area contributed by atoms with Crippen LogP contribution in [0, 0.1) is 0 Å². The second-order valence-electron chi connectivity index (χ2n) is 6.89. The van der Waals surface area contributed by atoms with Crippen LogP contribution in [-0.2, 0) is 4.79 Å². The van der Waals surface area contributed by atoms with Crippen molar-refractivity contribution in [1.82, 2.24) is 4.90 Å². The van der Waals surface area contributed by atoms with E-state index in [1.165, 1.54) is 0 Å². The Hall–Kier alpha value is -3.12. The predicted octanol–water partition coefficient (Wildman–Crippen LogP) is 4.70. The van der Waals surface area contributed by atoms with Crippen LogP contribution in [0.2, 0.25) is 0 Å². The molecule has 2 amide bonds. The summed E-state index contributed by atoms with van der Waals surface area (Å²) in [6, 6.07) is 18.3. The third-order valence-electron chi connectivity index (χ3n) is 5.13. The van der Waals surface area contributed by atoms with Gasteiger partial charge in [0.15, 0.2) is 0 Å². The molecule has 0 fully saturated rings. The van der Waals surface area contributed by atoms with Gasteiger partial charge in [-0.1, -0.05) is 24.3 Å². The number of thiophene rings is 1. The lowest BCUT2D eigenvalue weighted by atomic mass is 9.81. The maximum atomic E-state index is 13.4. The van der Waals surface area contributed by atoms with E-state index in [1.54, 1.807) is 29.4 Å². The molecule has 5 nitrogen and oxygen atoms in total. The maximum absolute atomic E-state index is 13.4. The number of carbonyl (C=O) groups excluding carboxylic acids is 2. The highest BCUT2D eigenvalue weighted by Gasteiger charge is 2.43. The number of ether oxygens (including phenoxy) is 1. The van der Waals surface area contributed by atoms with Gasteiger partial charge in [-0.25, -0.2) is 0 Å². The van der Waals surface area contributed by atoms with E-state index in [4.69, 9.17) is 4.74 Å². The summed E-state index contributed by atoms with van der Waals surface area (Å²) in [4.78, 5) is 29.0. The van der Waals surface area contributed by atoms with Crippen LogP contribution in [0.15, 0.2) is 66.0 Å². The second-order valence-corrected chi connectivity index (χ2v) is 7.87. The zero-order chi connectivity index (χ0) is 20.4. The van der Waals surface area contributed by atoms with Gasteiger partial charge in [0.05, 0.1) is 18.6 Å². The van der Waals surface area contributed by atoms with Crippen molar-refractivity contribution in [3.63, 3.8) is 0 Å². The number of nitrogens with one attached hydrogen (secondary N) is 1. The summed E-state index contributed by atoms with van der Waals surface area (Å²) in [6.45, 7) is 2.52. The lowest BCUT2D eigenvalue weighted by Gasteiger charge is -2.39. The molecule has 0 bridgehead atoms. The fourth-order valence-corrected chi connectivity index (χ4v) is 4.70. The smallest absolute Gasteiger partial charge is 0.254 e. The van der Waals surface area contributed by atoms with Gasteiger partial charge in [0, 0.05) is 23.2 Å². The Morgan fingerprint density at radius 1 is 1.10 bits per heavy atom. The van der Waals surface area contributed by atoms with Crippen molar-refractivity contribution in [3.8, 4) is 5.75 Å². The Bertz CT molecular complexity index is 1010. The highest BCUT2D eigenvalue weighted by molar-refractivity contribution is 7.10. The fourth-order valence-electron chi connectivity index (χ4n) is 3.79. The van der Waals surface area contributed by atoms with Gasteiger partial charge in [0.25, 0.3) is 5.91 Å². The van der Waals surface area contributed by atoms with E-state index in [9.17, 15) is 9.59 Å². The fraction of sp³-hybridized carbons (Fsp3) is 0.217. The quantitative estimate of drug-likeness (QED) is 0.668. The Morgan fingerprint density at radius 3 is 2.55 bits per heavy atom. The lowest BCUT2D eigenvalue weighted by molar-refractivity contribution is -0.119. The minimum Gasteiger partial charge on any atom is -0.494 e. The lowest BCUT2D eigenvalue weighted by Crippen LogP contribution is -2.43. The molecule has 0 spiro atoms. The number of likely N-dealkylation sites (N-methyl/N-ethyl adjacent to an activating group) is 1. The van der Waals surface area contributed by atoms with E-state index < -0.39 is 5.92 Å². The largest absolute Gasteiger partial charge is 0.494 e. The molecule has 1 N–H and O–H groups in total. The van der Waals surface area contributed by atoms with Crippen molar-refractivity contribution in [2.24, 2.45) is 0 Å². The van der Waals surface area contributed by atoms with Crippen LogP contribution < -0.4 is 10.1 Å². The molecular weight excluding hydrogens is 384 g/mol. The molecule has 0 saturated carbocycles. The van der Waals surface area contributed by atoms with E-state index in [-0.39, 0.29) is 17.9 Å². The van der Waals surface area contributed by atoms with Crippen LogP contribution in [0.5, 0.6) is 5.75 Å². The van der Waals surface area contributed by atoms with Crippen LogP contribution >= 0.6 is 11.3 Å². The molecule has 2 atom stereocenters. The highest BCUT2D eigenvalue weighted by atomic mass is 32.1. The first kappa shape index (κ1) is 19.2. The van der Waals surface area contributed by atoms with E-state index in [0.717, 1.165) is 16.2 Å². The summed E-state index contributed by atoms with van der Waals surface area (Å²) < 4.78 is 5.47. The van der Waals surface area contributed by atoms with Gasteiger partial charge in [-0.2, -0.15) is 0 Å². The van der Waals surface area contributed by atoms with Gasteiger partial charge in [0.2, 0.25) is 5.91 Å². The molecule has 2 unspecified atom stereocenters. The molecular formula is C23H22N2O3S. The normalized spacial score (nSPS) is 18.3.